The average Bonchev–Trinajstić information content (AvgIpc) is 3.13. The topological polar surface area (TPSA) is 99.9 Å². The summed E-state index contributed by atoms with van der Waals surface area (Å²) in [5.41, 5.74) is 0.924. The van der Waals surface area contributed by atoms with E-state index in [0.717, 1.165) is 5.41 Å². The first-order valence-electron chi connectivity index (χ1n) is 8.13. The van der Waals surface area contributed by atoms with E-state index < -0.39 is 27.7 Å². The molecule has 3 rings (SSSR count). The number of allylic oxidation sites excluding steroid dienone is 1. The molecule has 1 atom stereocenters. The van der Waals surface area contributed by atoms with Crippen LogP contribution in [0.2, 0.25) is 0 Å². The highest BCUT2D eigenvalue weighted by Gasteiger charge is 2.26. The van der Waals surface area contributed by atoms with Gasteiger partial charge in [0.05, 0.1) is 24.3 Å². The number of carbonyl (C=O) groups excluding carboxylic acids is 2. The SMILES string of the molecule is CCOC(=O)c1oc2ccccc2c1COC(=O)CC1C=CS(=O)(=O)C1. The number of carbonyl (C=O) groups is 2. The molecule has 0 aliphatic carbocycles. The maximum Gasteiger partial charge on any atom is 0.374 e. The molecule has 26 heavy (non-hydrogen) atoms. The van der Waals surface area contributed by atoms with Crippen LogP contribution in [-0.4, -0.2) is 32.7 Å². The minimum absolute atomic E-state index is 0.00388. The van der Waals surface area contributed by atoms with Crippen LogP contribution >= 0.6 is 0 Å². The summed E-state index contributed by atoms with van der Waals surface area (Å²) in [6.07, 6.45) is 1.45. The van der Waals surface area contributed by atoms with Gasteiger partial charge in [-0.05, 0) is 13.0 Å². The number of furan rings is 1. The number of hydrogen-bond donors (Lipinski definition) is 0. The predicted molar refractivity (Wildman–Crippen MR) is 93.0 cm³/mol. The molecular weight excluding hydrogens is 360 g/mol. The third-order valence-corrected chi connectivity index (χ3v) is 5.43. The molecule has 2 heterocycles. The van der Waals surface area contributed by atoms with Crippen molar-refractivity contribution in [1.82, 2.24) is 0 Å². The molecular formula is C18H18O7S. The normalized spacial score (nSPS) is 18.1. The summed E-state index contributed by atoms with van der Waals surface area (Å²) in [7, 11) is -3.22. The van der Waals surface area contributed by atoms with Gasteiger partial charge in [-0.1, -0.05) is 24.3 Å². The molecule has 0 bridgehead atoms. The number of ether oxygens (including phenoxy) is 2. The van der Waals surface area contributed by atoms with Crippen molar-refractivity contribution in [2.45, 2.75) is 20.0 Å². The van der Waals surface area contributed by atoms with E-state index in [-0.39, 0.29) is 31.1 Å². The van der Waals surface area contributed by atoms with Crippen LogP contribution in [0.3, 0.4) is 0 Å². The van der Waals surface area contributed by atoms with Gasteiger partial charge >= 0.3 is 11.9 Å². The largest absolute Gasteiger partial charge is 0.461 e. The first-order chi connectivity index (χ1) is 12.4. The Hall–Kier alpha value is -2.61. The van der Waals surface area contributed by atoms with Crippen molar-refractivity contribution in [2.75, 3.05) is 12.4 Å². The van der Waals surface area contributed by atoms with Crippen LogP contribution in [0.15, 0.2) is 40.2 Å². The van der Waals surface area contributed by atoms with E-state index in [1.807, 2.05) is 0 Å². The Kier molecular flexibility index (Phi) is 5.13. The van der Waals surface area contributed by atoms with Crippen LogP contribution in [-0.2, 0) is 30.7 Å². The van der Waals surface area contributed by atoms with Gasteiger partial charge < -0.3 is 13.9 Å². The fraction of sp³-hybridized carbons (Fsp3) is 0.333. The summed E-state index contributed by atoms with van der Waals surface area (Å²) in [5, 5.41) is 1.78. The van der Waals surface area contributed by atoms with Crippen molar-refractivity contribution < 1.29 is 31.9 Å². The Labute approximate surface area is 150 Å². The maximum absolute atomic E-state index is 12.1. The molecule has 0 saturated heterocycles. The van der Waals surface area contributed by atoms with Crippen molar-refractivity contribution in [3.63, 3.8) is 0 Å². The number of esters is 2. The van der Waals surface area contributed by atoms with Gasteiger partial charge in [0, 0.05) is 16.7 Å². The first kappa shape index (κ1) is 18.2. The van der Waals surface area contributed by atoms with Crippen LogP contribution in [0.25, 0.3) is 11.0 Å². The van der Waals surface area contributed by atoms with Crippen LogP contribution in [0.1, 0.15) is 29.5 Å². The molecule has 0 spiro atoms. The van der Waals surface area contributed by atoms with Crippen molar-refractivity contribution in [1.29, 1.82) is 0 Å². The minimum Gasteiger partial charge on any atom is -0.461 e. The second-order valence-electron chi connectivity index (χ2n) is 5.91. The molecule has 8 heteroatoms. The van der Waals surface area contributed by atoms with E-state index in [0.29, 0.717) is 16.5 Å². The molecule has 1 aliphatic rings. The fourth-order valence-corrected chi connectivity index (χ4v) is 4.20. The van der Waals surface area contributed by atoms with Gasteiger partial charge in [-0.15, -0.1) is 0 Å². The summed E-state index contributed by atoms with van der Waals surface area (Å²) in [6.45, 7) is 1.72. The standard InChI is InChI=1S/C18H18O7S/c1-2-23-18(20)17-14(13-5-3-4-6-15(13)25-17)10-24-16(19)9-12-7-8-26(21,22)11-12/h3-8,12H,2,9-11H2,1H3. The third-order valence-electron chi connectivity index (χ3n) is 3.97. The molecule has 1 aliphatic heterocycles. The summed E-state index contributed by atoms with van der Waals surface area (Å²) in [4.78, 5) is 24.1. The molecule has 138 valence electrons. The van der Waals surface area contributed by atoms with Gasteiger partial charge in [-0.3, -0.25) is 4.79 Å². The smallest absolute Gasteiger partial charge is 0.374 e. The highest BCUT2D eigenvalue weighted by Crippen LogP contribution is 2.28. The fourth-order valence-electron chi connectivity index (χ4n) is 2.80. The van der Waals surface area contributed by atoms with Crippen LogP contribution in [0.4, 0.5) is 0 Å². The molecule has 7 nitrogen and oxygen atoms in total. The van der Waals surface area contributed by atoms with E-state index in [1.54, 1.807) is 31.2 Å². The van der Waals surface area contributed by atoms with E-state index in [4.69, 9.17) is 13.9 Å². The Bertz CT molecular complexity index is 969. The van der Waals surface area contributed by atoms with E-state index in [9.17, 15) is 18.0 Å². The highest BCUT2D eigenvalue weighted by atomic mass is 32.2. The van der Waals surface area contributed by atoms with Crippen molar-refractivity contribution in [2.24, 2.45) is 5.92 Å². The average molecular weight is 378 g/mol. The second-order valence-corrected chi connectivity index (χ2v) is 7.84. The minimum atomic E-state index is -3.22. The zero-order valence-corrected chi connectivity index (χ0v) is 15.0. The number of rotatable bonds is 6. The van der Waals surface area contributed by atoms with E-state index in [1.165, 1.54) is 6.08 Å². The van der Waals surface area contributed by atoms with E-state index in [2.05, 4.69) is 0 Å². The predicted octanol–water partition coefficient (Wildman–Crippen LogP) is 2.60. The Balaban J connectivity index is 1.73. The lowest BCUT2D eigenvalue weighted by Crippen LogP contribution is -2.14. The number of sulfone groups is 1. The van der Waals surface area contributed by atoms with Gasteiger partial charge in [-0.2, -0.15) is 0 Å². The van der Waals surface area contributed by atoms with Gasteiger partial charge in [0.1, 0.15) is 12.2 Å². The quantitative estimate of drug-likeness (QED) is 0.712. The Morgan fingerprint density at radius 1 is 1.23 bits per heavy atom. The first-order valence-corrected chi connectivity index (χ1v) is 9.85. The summed E-state index contributed by atoms with van der Waals surface area (Å²) >= 11 is 0. The lowest BCUT2D eigenvalue weighted by atomic mass is 10.1. The summed E-state index contributed by atoms with van der Waals surface area (Å²) in [5.74, 6) is -1.65. The summed E-state index contributed by atoms with van der Waals surface area (Å²) < 4.78 is 38.6. The number of benzene rings is 1. The zero-order chi connectivity index (χ0) is 18.7. The summed E-state index contributed by atoms with van der Waals surface area (Å²) in [6, 6.07) is 7.02. The highest BCUT2D eigenvalue weighted by molar-refractivity contribution is 7.94. The maximum atomic E-state index is 12.1. The van der Waals surface area contributed by atoms with Crippen molar-refractivity contribution >= 4 is 32.7 Å². The number of hydrogen-bond acceptors (Lipinski definition) is 7. The third kappa shape index (κ3) is 3.96. The van der Waals surface area contributed by atoms with Gasteiger partial charge in [0.25, 0.3) is 0 Å². The number of fused-ring (bicyclic) bond motifs is 1. The van der Waals surface area contributed by atoms with Gasteiger partial charge in [-0.25, -0.2) is 13.2 Å². The monoisotopic (exact) mass is 378 g/mol. The molecule has 0 radical (unpaired) electrons. The van der Waals surface area contributed by atoms with Crippen LogP contribution < -0.4 is 0 Å². The lowest BCUT2D eigenvalue weighted by Gasteiger charge is -2.08. The molecule has 0 N–H and O–H groups in total. The molecule has 0 fully saturated rings. The zero-order valence-electron chi connectivity index (χ0n) is 14.1. The van der Waals surface area contributed by atoms with Gasteiger partial charge in [0.2, 0.25) is 5.76 Å². The molecule has 0 amide bonds. The Morgan fingerprint density at radius 3 is 2.69 bits per heavy atom. The van der Waals surface area contributed by atoms with E-state index >= 15 is 0 Å². The molecule has 1 aromatic heterocycles. The van der Waals surface area contributed by atoms with Crippen LogP contribution in [0, 0.1) is 5.92 Å². The van der Waals surface area contributed by atoms with Gasteiger partial charge in [0.15, 0.2) is 9.84 Å². The van der Waals surface area contributed by atoms with Crippen molar-refractivity contribution in [3.8, 4) is 0 Å². The molecule has 0 saturated carbocycles. The lowest BCUT2D eigenvalue weighted by molar-refractivity contribution is -0.145. The van der Waals surface area contributed by atoms with Crippen LogP contribution in [0.5, 0.6) is 0 Å². The number of para-hydroxylation sites is 1. The molecule has 1 unspecified atom stereocenters. The Morgan fingerprint density at radius 2 is 2.00 bits per heavy atom. The van der Waals surface area contributed by atoms with Crippen molar-refractivity contribution in [3.05, 3.63) is 47.1 Å². The molecule has 2 aromatic rings. The molecule has 1 aromatic carbocycles. The second kappa shape index (κ2) is 7.33.